The van der Waals surface area contributed by atoms with Gasteiger partial charge < -0.3 is 14.8 Å². The monoisotopic (exact) mass is 392 g/mol. The van der Waals surface area contributed by atoms with Crippen molar-refractivity contribution in [1.29, 1.82) is 0 Å². The highest BCUT2D eigenvalue weighted by atomic mass is 32.2. The topological polar surface area (TPSA) is 102 Å². The Bertz CT molecular complexity index is 923. The van der Waals surface area contributed by atoms with Gasteiger partial charge in [0, 0.05) is 19.8 Å². The van der Waals surface area contributed by atoms with Gasteiger partial charge in [-0.15, -0.1) is 0 Å². The Labute approximate surface area is 157 Å². The number of ether oxygens (including phenoxy) is 2. The number of rotatable bonds is 7. The van der Waals surface area contributed by atoms with Crippen LogP contribution in [0, 0.1) is 0 Å². The van der Waals surface area contributed by atoms with Crippen LogP contribution >= 0.6 is 0 Å². The van der Waals surface area contributed by atoms with E-state index in [-0.39, 0.29) is 11.5 Å². The summed E-state index contributed by atoms with van der Waals surface area (Å²) in [5.74, 6) is -0.514. The standard InChI is InChI=1S/C18H20N2O6S/c1-20(2)27(23,24)16-6-4-5-14(11-16)19-17(21)12-26-15-9-7-13(8-10-15)18(22)25-3/h4-11H,12H2,1-3H3,(H,19,21). The van der Waals surface area contributed by atoms with Crippen molar-refractivity contribution in [2.24, 2.45) is 0 Å². The summed E-state index contributed by atoms with van der Waals surface area (Å²) in [5.41, 5.74) is 0.709. The number of nitrogens with zero attached hydrogens (tertiary/aromatic N) is 1. The molecule has 0 atom stereocenters. The van der Waals surface area contributed by atoms with Gasteiger partial charge in [0.15, 0.2) is 6.61 Å². The smallest absolute Gasteiger partial charge is 0.337 e. The van der Waals surface area contributed by atoms with Crippen LogP contribution in [0.15, 0.2) is 53.4 Å². The van der Waals surface area contributed by atoms with Gasteiger partial charge in [0.05, 0.1) is 17.6 Å². The van der Waals surface area contributed by atoms with E-state index in [2.05, 4.69) is 10.1 Å². The number of esters is 1. The molecule has 0 spiro atoms. The van der Waals surface area contributed by atoms with Crippen LogP contribution in [0.1, 0.15) is 10.4 Å². The minimum absolute atomic E-state index is 0.0737. The molecule has 0 fully saturated rings. The molecule has 2 rings (SSSR count). The third-order valence-corrected chi connectivity index (χ3v) is 5.35. The first-order valence-electron chi connectivity index (χ1n) is 7.87. The van der Waals surface area contributed by atoms with E-state index in [1.54, 1.807) is 24.3 Å². The summed E-state index contributed by atoms with van der Waals surface area (Å²) in [6.07, 6.45) is 0. The van der Waals surface area contributed by atoms with Crippen molar-refractivity contribution in [3.8, 4) is 5.75 Å². The van der Waals surface area contributed by atoms with Crippen molar-refractivity contribution < 1.29 is 27.5 Å². The van der Waals surface area contributed by atoms with E-state index in [1.807, 2.05) is 0 Å². The fraction of sp³-hybridized carbons (Fsp3) is 0.222. The molecule has 0 aliphatic rings. The lowest BCUT2D eigenvalue weighted by Gasteiger charge is -2.13. The zero-order valence-corrected chi connectivity index (χ0v) is 15.9. The van der Waals surface area contributed by atoms with Crippen LogP contribution in [-0.2, 0) is 19.6 Å². The maximum Gasteiger partial charge on any atom is 0.337 e. The lowest BCUT2D eigenvalue weighted by Crippen LogP contribution is -2.23. The molecule has 2 aromatic rings. The first kappa shape index (κ1) is 20.4. The summed E-state index contributed by atoms with van der Waals surface area (Å²) in [4.78, 5) is 23.5. The molecule has 2 aromatic carbocycles. The van der Waals surface area contributed by atoms with E-state index in [0.717, 1.165) is 4.31 Å². The second kappa shape index (κ2) is 8.65. The van der Waals surface area contributed by atoms with Crippen LogP contribution in [-0.4, -0.2) is 52.4 Å². The molecule has 0 aromatic heterocycles. The van der Waals surface area contributed by atoms with E-state index in [9.17, 15) is 18.0 Å². The van der Waals surface area contributed by atoms with Crippen molar-refractivity contribution in [1.82, 2.24) is 4.31 Å². The van der Waals surface area contributed by atoms with Gasteiger partial charge >= 0.3 is 5.97 Å². The normalized spacial score (nSPS) is 11.1. The molecule has 0 heterocycles. The molecule has 0 bridgehead atoms. The fourth-order valence-electron chi connectivity index (χ4n) is 2.10. The lowest BCUT2D eigenvalue weighted by molar-refractivity contribution is -0.118. The maximum atomic E-state index is 12.1. The molecule has 1 amide bonds. The average Bonchev–Trinajstić information content (AvgIpc) is 2.66. The van der Waals surface area contributed by atoms with Gasteiger partial charge in [-0.25, -0.2) is 17.5 Å². The molecule has 1 N–H and O–H groups in total. The number of hydrogen-bond donors (Lipinski definition) is 1. The molecule has 0 radical (unpaired) electrons. The molecule has 144 valence electrons. The Hall–Kier alpha value is -2.91. The van der Waals surface area contributed by atoms with Crippen LogP contribution in [0.2, 0.25) is 0 Å². The number of anilines is 1. The third-order valence-electron chi connectivity index (χ3n) is 3.54. The molecule has 0 aliphatic carbocycles. The molecule has 0 unspecified atom stereocenters. The summed E-state index contributed by atoms with van der Waals surface area (Å²) >= 11 is 0. The number of carbonyl (C=O) groups is 2. The summed E-state index contributed by atoms with van der Waals surface area (Å²) in [6, 6.07) is 12.1. The molecule has 9 heteroatoms. The van der Waals surface area contributed by atoms with E-state index >= 15 is 0 Å². The first-order chi connectivity index (χ1) is 12.7. The zero-order chi connectivity index (χ0) is 20.0. The molecular formula is C18H20N2O6S. The molecule has 0 saturated carbocycles. The van der Waals surface area contributed by atoms with Gasteiger partial charge in [0.25, 0.3) is 5.91 Å². The minimum Gasteiger partial charge on any atom is -0.484 e. The summed E-state index contributed by atoms with van der Waals surface area (Å²) < 4.78 is 35.3. The molecule has 8 nitrogen and oxygen atoms in total. The number of hydrogen-bond acceptors (Lipinski definition) is 6. The Balaban J connectivity index is 1.97. The van der Waals surface area contributed by atoms with E-state index < -0.39 is 21.9 Å². The van der Waals surface area contributed by atoms with Crippen molar-refractivity contribution in [3.05, 3.63) is 54.1 Å². The number of sulfonamides is 1. The van der Waals surface area contributed by atoms with E-state index in [0.29, 0.717) is 17.0 Å². The lowest BCUT2D eigenvalue weighted by atomic mass is 10.2. The number of methoxy groups -OCH3 is 1. The number of amides is 1. The predicted octanol–water partition coefficient (Wildman–Crippen LogP) is 1.74. The molecule has 27 heavy (non-hydrogen) atoms. The van der Waals surface area contributed by atoms with Gasteiger partial charge in [-0.1, -0.05) is 6.07 Å². The maximum absolute atomic E-state index is 12.1. The molecule has 0 aliphatic heterocycles. The SMILES string of the molecule is COC(=O)c1ccc(OCC(=O)Nc2cccc(S(=O)(=O)N(C)C)c2)cc1. The van der Waals surface area contributed by atoms with Crippen molar-refractivity contribution in [3.63, 3.8) is 0 Å². The predicted molar refractivity (Wildman–Crippen MR) is 99.2 cm³/mol. The van der Waals surface area contributed by atoms with E-state index in [1.165, 1.54) is 45.5 Å². The highest BCUT2D eigenvalue weighted by Gasteiger charge is 2.17. The second-order valence-corrected chi connectivity index (χ2v) is 7.82. The van der Waals surface area contributed by atoms with Crippen LogP contribution < -0.4 is 10.1 Å². The van der Waals surface area contributed by atoms with Crippen LogP contribution in [0.5, 0.6) is 5.75 Å². The van der Waals surface area contributed by atoms with Crippen molar-refractivity contribution >= 4 is 27.6 Å². The highest BCUT2D eigenvalue weighted by Crippen LogP contribution is 2.18. The number of nitrogens with one attached hydrogen (secondary N) is 1. The van der Waals surface area contributed by atoms with Crippen LogP contribution in [0.25, 0.3) is 0 Å². The quantitative estimate of drug-likeness (QED) is 0.720. The van der Waals surface area contributed by atoms with Gasteiger partial charge in [0.1, 0.15) is 5.75 Å². The largest absolute Gasteiger partial charge is 0.484 e. The fourth-order valence-corrected chi connectivity index (χ4v) is 3.04. The highest BCUT2D eigenvalue weighted by molar-refractivity contribution is 7.89. The van der Waals surface area contributed by atoms with Gasteiger partial charge in [-0.05, 0) is 42.5 Å². The average molecular weight is 392 g/mol. The first-order valence-corrected chi connectivity index (χ1v) is 9.31. The molecular weight excluding hydrogens is 372 g/mol. The number of carbonyl (C=O) groups excluding carboxylic acids is 2. The summed E-state index contributed by atoms with van der Waals surface area (Å²) in [7, 11) is 0.558. The van der Waals surface area contributed by atoms with Crippen LogP contribution in [0.4, 0.5) is 5.69 Å². The van der Waals surface area contributed by atoms with Gasteiger partial charge in [-0.3, -0.25) is 4.79 Å². The Morgan fingerprint density at radius 3 is 2.33 bits per heavy atom. The van der Waals surface area contributed by atoms with Gasteiger partial charge in [0.2, 0.25) is 10.0 Å². The van der Waals surface area contributed by atoms with Crippen molar-refractivity contribution in [2.75, 3.05) is 33.1 Å². The summed E-state index contributed by atoms with van der Waals surface area (Å²) in [5, 5.41) is 2.58. The molecule has 0 saturated heterocycles. The number of benzene rings is 2. The zero-order valence-electron chi connectivity index (χ0n) is 15.1. The third kappa shape index (κ3) is 5.28. The minimum atomic E-state index is -3.59. The second-order valence-electron chi connectivity index (χ2n) is 5.67. The Morgan fingerprint density at radius 2 is 1.74 bits per heavy atom. The Kier molecular flexibility index (Phi) is 6.54. The Morgan fingerprint density at radius 1 is 1.07 bits per heavy atom. The summed E-state index contributed by atoms with van der Waals surface area (Å²) in [6.45, 7) is -0.276. The van der Waals surface area contributed by atoms with E-state index in [4.69, 9.17) is 4.74 Å². The van der Waals surface area contributed by atoms with Crippen LogP contribution in [0.3, 0.4) is 0 Å². The van der Waals surface area contributed by atoms with Gasteiger partial charge in [-0.2, -0.15) is 0 Å². The van der Waals surface area contributed by atoms with Crippen molar-refractivity contribution in [2.45, 2.75) is 4.90 Å².